The van der Waals surface area contributed by atoms with E-state index in [4.69, 9.17) is 9.72 Å². The van der Waals surface area contributed by atoms with E-state index in [0.717, 1.165) is 43.7 Å². The molecule has 1 aromatic carbocycles. The summed E-state index contributed by atoms with van der Waals surface area (Å²) in [5.41, 5.74) is 3.93. The van der Waals surface area contributed by atoms with Crippen LogP contribution in [0.15, 0.2) is 64.8 Å². The van der Waals surface area contributed by atoms with Crippen LogP contribution >= 0.6 is 0 Å². The van der Waals surface area contributed by atoms with Gasteiger partial charge in [0.25, 0.3) is 11.5 Å². The summed E-state index contributed by atoms with van der Waals surface area (Å²) in [6.07, 6.45) is 15.3. The number of carbonyl (C=O) groups excluding carboxylic acids is 1. The van der Waals surface area contributed by atoms with E-state index >= 15 is 0 Å². The molecule has 2 aliphatic carbocycles. The number of benzene rings is 1. The third-order valence-corrected chi connectivity index (χ3v) is 9.69. The predicted molar refractivity (Wildman–Crippen MR) is 166 cm³/mol. The molecule has 3 aromatic rings. The minimum absolute atomic E-state index is 0.0727. The zero-order valence-corrected chi connectivity index (χ0v) is 25.0. The Morgan fingerprint density at radius 3 is 2.81 bits per heavy atom. The molecule has 43 heavy (non-hydrogen) atoms. The van der Waals surface area contributed by atoms with Gasteiger partial charge in [0, 0.05) is 36.9 Å². The number of ether oxygens (including phenoxy) is 1. The van der Waals surface area contributed by atoms with Crippen molar-refractivity contribution in [2.24, 2.45) is 11.3 Å². The van der Waals surface area contributed by atoms with Crippen LogP contribution in [0.2, 0.25) is 0 Å². The average molecular weight is 580 g/mol. The van der Waals surface area contributed by atoms with Crippen molar-refractivity contribution >= 4 is 28.6 Å². The molecule has 3 aliphatic heterocycles. The fourth-order valence-corrected chi connectivity index (χ4v) is 7.51. The Morgan fingerprint density at radius 2 is 1.98 bits per heavy atom. The van der Waals surface area contributed by atoms with Crippen LogP contribution in [-0.4, -0.2) is 62.4 Å². The molecule has 222 valence electrons. The highest BCUT2D eigenvalue weighted by molar-refractivity contribution is 6.02. The number of hydrogen-bond acceptors (Lipinski definition) is 7. The lowest BCUT2D eigenvalue weighted by Crippen LogP contribution is -2.52. The summed E-state index contributed by atoms with van der Waals surface area (Å²) in [6.45, 7) is 6.82. The van der Waals surface area contributed by atoms with E-state index < -0.39 is 5.60 Å². The molecular weight excluding hydrogens is 542 g/mol. The molecule has 2 bridgehead atoms. The Kier molecular flexibility index (Phi) is 5.79. The number of aromatic nitrogens is 4. The van der Waals surface area contributed by atoms with Crippen LogP contribution in [-0.2, 0) is 11.3 Å². The standard InChI is InChI=1S/C33H37N7O3/c1-32(2)30(42)38-14-6-4-5-7-15-39-29(41)24-18-34-31(36-28(24)40(39)23-9-11-27(43-32)26(38)17-23)35-22-8-10-25-21(16-22)19-37(3)20-33(25)12-13-33/h5,7-11,17-18,21H,4,6,12-16,19-20H2,1-3H3,(H,34,35,36)/b7-5-. The maximum atomic E-state index is 13.7. The van der Waals surface area contributed by atoms with E-state index in [9.17, 15) is 9.59 Å². The molecule has 2 fully saturated rings. The van der Waals surface area contributed by atoms with Gasteiger partial charge in [0.2, 0.25) is 5.95 Å². The first-order valence-corrected chi connectivity index (χ1v) is 15.4. The monoisotopic (exact) mass is 579 g/mol. The molecule has 2 aromatic heterocycles. The first-order chi connectivity index (χ1) is 20.7. The van der Waals surface area contributed by atoms with Crippen molar-refractivity contribution in [3.63, 3.8) is 0 Å². The molecule has 10 nitrogen and oxygen atoms in total. The summed E-state index contributed by atoms with van der Waals surface area (Å²) in [5.74, 6) is 1.54. The Labute approximate surface area is 250 Å². The molecule has 5 aliphatic rings. The van der Waals surface area contributed by atoms with Crippen LogP contribution in [0.3, 0.4) is 0 Å². The number of allylic oxidation sites excluding steroid dienone is 5. The lowest BCUT2D eigenvalue weighted by atomic mass is 9.76. The molecule has 8 rings (SSSR count). The molecule has 1 saturated carbocycles. The molecule has 10 heteroatoms. The Balaban J connectivity index is 1.21. The number of likely N-dealkylation sites (tertiary alicyclic amines) is 1. The van der Waals surface area contributed by atoms with Gasteiger partial charge in [-0.3, -0.25) is 9.59 Å². The molecule has 1 atom stereocenters. The number of hydrogen-bond donors (Lipinski definition) is 1. The average Bonchev–Trinajstić information content (AvgIpc) is 3.67. The number of amides is 1. The van der Waals surface area contributed by atoms with Crippen LogP contribution in [0.5, 0.6) is 5.75 Å². The van der Waals surface area contributed by atoms with Crippen molar-refractivity contribution in [3.8, 4) is 11.4 Å². The van der Waals surface area contributed by atoms with E-state index in [0.29, 0.717) is 52.8 Å². The summed E-state index contributed by atoms with van der Waals surface area (Å²) >= 11 is 0. The highest BCUT2D eigenvalue weighted by Crippen LogP contribution is 2.58. The third kappa shape index (κ3) is 4.25. The topological polar surface area (TPSA) is 97.5 Å². The van der Waals surface area contributed by atoms with Crippen molar-refractivity contribution in [1.82, 2.24) is 24.2 Å². The minimum atomic E-state index is -0.951. The van der Waals surface area contributed by atoms with Crippen molar-refractivity contribution in [1.29, 1.82) is 0 Å². The molecule has 0 radical (unpaired) electrons. The van der Waals surface area contributed by atoms with Crippen LogP contribution in [0, 0.1) is 11.3 Å². The molecule has 5 heterocycles. The van der Waals surface area contributed by atoms with Crippen molar-refractivity contribution in [2.75, 3.05) is 36.9 Å². The summed E-state index contributed by atoms with van der Waals surface area (Å²) in [6, 6.07) is 5.74. The summed E-state index contributed by atoms with van der Waals surface area (Å²) in [7, 11) is 2.23. The zero-order valence-electron chi connectivity index (χ0n) is 25.0. The Morgan fingerprint density at radius 1 is 1.12 bits per heavy atom. The summed E-state index contributed by atoms with van der Waals surface area (Å²) < 4.78 is 9.66. The number of fused-ring (bicyclic) bond motifs is 7. The SMILES string of the molecule is CN1CC2CC(Nc3ncc4c(=O)n5n(c4n3)-c3ccc4c(c3)N(CCC/C=C\C5)C(=O)C(C)(C)O4)=CC=C2C2(CC2)C1. The van der Waals surface area contributed by atoms with Crippen molar-refractivity contribution < 1.29 is 9.53 Å². The zero-order chi connectivity index (χ0) is 29.5. The highest BCUT2D eigenvalue weighted by Gasteiger charge is 2.51. The normalized spacial score (nSPS) is 24.6. The summed E-state index contributed by atoms with van der Waals surface area (Å²) in [4.78, 5) is 40.8. The quantitative estimate of drug-likeness (QED) is 0.450. The molecular formula is C33H37N7O3. The van der Waals surface area contributed by atoms with Gasteiger partial charge in [-0.25, -0.2) is 14.3 Å². The van der Waals surface area contributed by atoms with Crippen LogP contribution < -0.4 is 20.5 Å². The largest absolute Gasteiger partial charge is 0.476 e. The number of nitrogens with one attached hydrogen (secondary N) is 1. The second-order valence-electron chi connectivity index (χ2n) is 13.3. The Bertz CT molecular complexity index is 1820. The lowest BCUT2D eigenvalue weighted by molar-refractivity contribution is -0.132. The van der Waals surface area contributed by atoms with Gasteiger partial charge in [-0.1, -0.05) is 23.8 Å². The highest BCUT2D eigenvalue weighted by atomic mass is 16.5. The first kappa shape index (κ1) is 26.4. The van der Waals surface area contributed by atoms with Gasteiger partial charge in [0.1, 0.15) is 11.1 Å². The van der Waals surface area contributed by atoms with Crippen molar-refractivity contribution in [3.05, 3.63) is 70.3 Å². The molecule has 1 saturated heterocycles. The lowest BCUT2D eigenvalue weighted by Gasteiger charge is -2.40. The van der Waals surface area contributed by atoms with E-state index in [-0.39, 0.29) is 11.5 Å². The third-order valence-electron chi connectivity index (χ3n) is 9.69. The van der Waals surface area contributed by atoms with Crippen molar-refractivity contribution in [2.45, 2.75) is 58.1 Å². The van der Waals surface area contributed by atoms with Gasteiger partial charge >= 0.3 is 0 Å². The maximum absolute atomic E-state index is 13.7. The number of rotatable bonds is 2. The van der Waals surface area contributed by atoms with Gasteiger partial charge in [0.05, 0.1) is 17.9 Å². The van der Waals surface area contributed by atoms with E-state index in [1.807, 2.05) is 33.9 Å². The van der Waals surface area contributed by atoms with Crippen LogP contribution in [0.1, 0.15) is 46.0 Å². The van der Waals surface area contributed by atoms with E-state index in [1.165, 1.54) is 12.8 Å². The second kappa shape index (κ2) is 9.41. The Hall–Kier alpha value is -4.18. The fraction of sp³-hybridized carbons (Fsp3) is 0.455. The minimum Gasteiger partial charge on any atom is -0.476 e. The second-order valence-corrected chi connectivity index (χ2v) is 13.3. The predicted octanol–water partition coefficient (Wildman–Crippen LogP) is 4.40. The van der Waals surface area contributed by atoms with Gasteiger partial charge in [0.15, 0.2) is 11.2 Å². The van der Waals surface area contributed by atoms with Crippen LogP contribution in [0.25, 0.3) is 16.7 Å². The van der Waals surface area contributed by atoms with Crippen LogP contribution in [0.4, 0.5) is 11.6 Å². The fourth-order valence-electron chi connectivity index (χ4n) is 7.51. The molecule has 1 amide bonds. The molecule has 1 unspecified atom stereocenters. The van der Waals surface area contributed by atoms with E-state index in [1.54, 1.807) is 30.3 Å². The smallest absolute Gasteiger partial charge is 0.278 e. The molecule has 1 N–H and O–H groups in total. The number of nitrogens with zero attached hydrogens (tertiary/aromatic N) is 6. The first-order valence-electron chi connectivity index (χ1n) is 15.4. The number of piperidine rings is 1. The summed E-state index contributed by atoms with van der Waals surface area (Å²) in [5, 5.41) is 3.92. The van der Waals surface area contributed by atoms with Gasteiger partial charge in [-0.2, -0.15) is 4.98 Å². The van der Waals surface area contributed by atoms with Gasteiger partial charge < -0.3 is 19.9 Å². The van der Waals surface area contributed by atoms with Gasteiger partial charge in [-0.15, -0.1) is 0 Å². The molecule has 1 spiro atoms. The number of anilines is 2. The number of carbonyl (C=O) groups is 1. The maximum Gasteiger partial charge on any atom is 0.278 e. The van der Waals surface area contributed by atoms with Gasteiger partial charge in [-0.05, 0) is 83.2 Å². The van der Waals surface area contributed by atoms with E-state index in [2.05, 4.69) is 40.5 Å².